The van der Waals surface area contributed by atoms with E-state index in [0.29, 0.717) is 6.54 Å². The Morgan fingerprint density at radius 3 is 3.06 bits per heavy atom. The van der Waals surface area contributed by atoms with Crippen LogP contribution < -0.4 is 10.6 Å². The Morgan fingerprint density at radius 2 is 2.31 bits per heavy atom. The smallest absolute Gasteiger partial charge is 0.321 e. The summed E-state index contributed by atoms with van der Waals surface area (Å²) in [4.78, 5) is 13.1. The third-order valence-electron chi connectivity index (χ3n) is 2.74. The number of carbonyl (C=O) groups excluding carboxylic acids is 1. The second-order valence-corrected chi connectivity index (χ2v) is 4.06. The van der Waals surface area contributed by atoms with Crippen molar-refractivity contribution in [3.05, 3.63) is 29.3 Å². The van der Waals surface area contributed by atoms with Crippen molar-refractivity contribution in [1.82, 2.24) is 10.2 Å². The summed E-state index contributed by atoms with van der Waals surface area (Å²) in [5, 5.41) is 6.15. The first-order chi connectivity index (χ1) is 7.70. The summed E-state index contributed by atoms with van der Waals surface area (Å²) >= 11 is 0. The minimum atomic E-state index is -0.0352. The Bertz CT molecular complexity index is 403. The Balaban J connectivity index is 2.19. The second kappa shape index (κ2) is 4.53. The van der Waals surface area contributed by atoms with E-state index in [1.54, 1.807) is 11.9 Å². The zero-order chi connectivity index (χ0) is 11.5. The molecule has 0 bridgehead atoms. The number of amides is 2. The first-order valence-corrected chi connectivity index (χ1v) is 5.55. The number of nitrogens with one attached hydrogen (secondary N) is 2. The molecule has 1 aromatic rings. The normalized spacial score (nSPS) is 14.6. The number of urea groups is 1. The van der Waals surface area contributed by atoms with Gasteiger partial charge in [-0.15, -0.1) is 0 Å². The number of hydrogen-bond donors (Lipinski definition) is 2. The lowest BCUT2D eigenvalue weighted by molar-refractivity contribution is 0.218. The van der Waals surface area contributed by atoms with E-state index in [2.05, 4.69) is 23.6 Å². The first-order valence-electron chi connectivity index (χ1n) is 5.55. The molecule has 0 saturated heterocycles. The number of rotatable bonds is 3. The van der Waals surface area contributed by atoms with Crippen LogP contribution in [0.4, 0.5) is 10.5 Å². The van der Waals surface area contributed by atoms with Gasteiger partial charge in [0, 0.05) is 25.8 Å². The van der Waals surface area contributed by atoms with Gasteiger partial charge in [0.15, 0.2) is 0 Å². The van der Waals surface area contributed by atoms with Gasteiger partial charge in [0.25, 0.3) is 0 Å². The predicted molar refractivity (Wildman–Crippen MR) is 64.3 cm³/mol. The van der Waals surface area contributed by atoms with Crippen molar-refractivity contribution in [3.63, 3.8) is 0 Å². The number of fused-ring (bicyclic) bond motifs is 1. The fraction of sp³-hybridized carbons (Fsp3) is 0.417. The zero-order valence-corrected chi connectivity index (χ0v) is 9.71. The van der Waals surface area contributed by atoms with Crippen LogP contribution in [0.15, 0.2) is 18.2 Å². The van der Waals surface area contributed by atoms with Gasteiger partial charge in [0.1, 0.15) is 0 Å². The van der Waals surface area contributed by atoms with Gasteiger partial charge in [-0.05, 0) is 23.7 Å². The molecule has 2 rings (SSSR count). The third kappa shape index (κ3) is 2.17. The largest absolute Gasteiger partial charge is 0.323 e. The van der Waals surface area contributed by atoms with Crippen LogP contribution in [0.5, 0.6) is 0 Å². The van der Waals surface area contributed by atoms with Crippen LogP contribution in [-0.4, -0.2) is 24.5 Å². The molecule has 4 heteroatoms. The van der Waals surface area contributed by atoms with Gasteiger partial charge in [-0.25, -0.2) is 4.79 Å². The fourth-order valence-electron chi connectivity index (χ4n) is 1.82. The molecule has 0 fully saturated rings. The lowest BCUT2D eigenvalue weighted by Crippen LogP contribution is -2.35. The van der Waals surface area contributed by atoms with Gasteiger partial charge in [-0.1, -0.05) is 19.1 Å². The molecule has 2 N–H and O–H groups in total. The van der Waals surface area contributed by atoms with E-state index in [-0.39, 0.29) is 6.03 Å². The quantitative estimate of drug-likeness (QED) is 0.813. The van der Waals surface area contributed by atoms with Crippen molar-refractivity contribution in [2.75, 3.05) is 18.9 Å². The van der Waals surface area contributed by atoms with Crippen molar-refractivity contribution < 1.29 is 4.79 Å². The van der Waals surface area contributed by atoms with E-state index >= 15 is 0 Å². The summed E-state index contributed by atoms with van der Waals surface area (Å²) in [6.07, 6.45) is 0. The molecule has 0 atom stereocenters. The Labute approximate surface area is 95.6 Å². The summed E-state index contributed by atoms with van der Waals surface area (Å²) in [5.74, 6) is 0. The maximum absolute atomic E-state index is 11.4. The summed E-state index contributed by atoms with van der Waals surface area (Å²) in [5.41, 5.74) is 3.37. The Hall–Kier alpha value is -1.55. The minimum absolute atomic E-state index is 0.0352. The van der Waals surface area contributed by atoms with Crippen molar-refractivity contribution >= 4 is 11.7 Å². The molecule has 2 amide bonds. The molecule has 0 spiro atoms. The molecule has 1 aliphatic heterocycles. The highest BCUT2D eigenvalue weighted by Crippen LogP contribution is 2.23. The number of hydrogen-bond acceptors (Lipinski definition) is 2. The molecule has 16 heavy (non-hydrogen) atoms. The highest BCUT2D eigenvalue weighted by molar-refractivity contribution is 5.92. The molecule has 1 aliphatic rings. The first kappa shape index (κ1) is 11.0. The highest BCUT2D eigenvalue weighted by atomic mass is 16.2. The molecule has 0 saturated carbocycles. The maximum atomic E-state index is 11.4. The van der Waals surface area contributed by atoms with E-state index < -0.39 is 0 Å². The Kier molecular flexibility index (Phi) is 3.10. The molecule has 1 heterocycles. The summed E-state index contributed by atoms with van der Waals surface area (Å²) in [6.45, 7) is 4.61. The van der Waals surface area contributed by atoms with Crippen LogP contribution in [0.2, 0.25) is 0 Å². The fourth-order valence-corrected chi connectivity index (χ4v) is 1.82. The molecular formula is C12H17N3O. The second-order valence-electron chi connectivity index (χ2n) is 4.06. The molecule has 0 aliphatic carbocycles. The van der Waals surface area contributed by atoms with Crippen molar-refractivity contribution in [3.8, 4) is 0 Å². The van der Waals surface area contributed by atoms with Gasteiger partial charge >= 0.3 is 6.03 Å². The van der Waals surface area contributed by atoms with Gasteiger partial charge < -0.3 is 15.5 Å². The lowest BCUT2D eigenvalue weighted by Gasteiger charge is -2.26. The highest BCUT2D eigenvalue weighted by Gasteiger charge is 2.18. The number of anilines is 1. The van der Waals surface area contributed by atoms with Crippen LogP contribution >= 0.6 is 0 Å². The van der Waals surface area contributed by atoms with E-state index in [1.807, 2.05) is 12.1 Å². The summed E-state index contributed by atoms with van der Waals surface area (Å²) in [6, 6.07) is 6.14. The SMILES string of the molecule is CCNCc1ccc2c(c1)CN(C)C(=O)N2. The van der Waals surface area contributed by atoms with Crippen molar-refractivity contribution in [2.45, 2.75) is 20.0 Å². The van der Waals surface area contributed by atoms with E-state index in [1.165, 1.54) is 11.1 Å². The monoisotopic (exact) mass is 219 g/mol. The lowest BCUT2D eigenvalue weighted by atomic mass is 10.1. The number of benzene rings is 1. The van der Waals surface area contributed by atoms with E-state index in [4.69, 9.17) is 0 Å². The van der Waals surface area contributed by atoms with Crippen LogP contribution in [-0.2, 0) is 13.1 Å². The molecule has 1 aromatic carbocycles. The third-order valence-corrected chi connectivity index (χ3v) is 2.74. The minimum Gasteiger partial charge on any atom is -0.323 e. The summed E-state index contributed by atoms with van der Waals surface area (Å²) in [7, 11) is 1.80. The molecule has 0 unspecified atom stereocenters. The predicted octanol–water partition coefficient (Wildman–Crippen LogP) is 1.77. The molecular weight excluding hydrogens is 202 g/mol. The van der Waals surface area contributed by atoms with Crippen LogP contribution in [0.25, 0.3) is 0 Å². The molecule has 0 aromatic heterocycles. The van der Waals surface area contributed by atoms with Crippen LogP contribution in [0.3, 0.4) is 0 Å². The molecule has 4 nitrogen and oxygen atoms in total. The van der Waals surface area contributed by atoms with Crippen molar-refractivity contribution in [1.29, 1.82) is 0 Å². The summed E-state index contributed by atoms with van der Waals surface area (Å²) < 4.78 is 0. The van der Waals surface area contributed by atoms with Gasteiger partial charge in [-0.2, -0.15) is 0 Å². The maximum Gasteiger partial charge on any atom is 0.321 e. The number of carbonyl (C=O) groups is 1. The van der Waals surface area contributed by atoms with E-state index in [9.17, 15) is 4.79 Å². The molecule has 0 radical (unpaired) electrons. The standard InChI is InChI=1S/C12H17N3O/c1-3-13-7-9-4-5-11-10(6-9)8-15(2)12(16)14-11/h4-6,13H,3,7-8H2,1-2H3,(H,14,16). The zero-order valence-electron chi connectivity index (χ0n) is 9.71. The van der Waals surface area contributed by atoms with Crippen LogP contribution in [0.1, 0.15) is 18.1 Å². The molecule has 86 valence electrons. The van der Waals surface area contributed by atoms with Crippen molar-refractivity contribution in [2.24, 2.45) is 0 Å². The Morgan fingerprint density at radius 1 is 1.50 bits per heavy atom. The van der Waals surface area contributed by atoms with Gasteiger partial charge in [-0.3, -0.25) is 0 Å². The topological polar surface area (TPSA) is 44.4 Å². The van der Waals surface area contributed by atoms with E-state index in [0.717, 1.165) is 18.8 Å². The average molecular weight is 219 g/mol. The number of nitrogens with zero attached hydrogens (tertiary/aromatic N) is 1. The van der Waals surface area contributed by atoms with Crippen LogP contribution in [0, 0.1) is 0 Å². The van der Waals surface area contributed by atoms with Gasteiger partial charge in [0.05, 0.1) is 0 Å². The van der Waals surface area contributed by atoms with Gasteiger partial charge in [0.2, 0.25) is 0 Å². The average Bonchev–Trinajstić information content (AvgIpc) is 2.28.